The molecular weight excluding hydrogens is 390 g/mol. The summed E-state index contributed by atoms with van der Waals surface area (Å²) in [6.45, 7) is 6.51. The fourth-order valence-corrected chi connectivity index (χ4v) is 4.50. The van der Waals surface area contributed by atoms with E-state index >= 15 is 0 Å². The van der Waals surface area contributed by atoms with Crippen LogP contribution in [0.4, 0.5) is 5.69 Å². The van der Waals surface area contributed by atoms with Crippen LogP contribution < -0.4 is 5.32 Å². The highest BCUT2D eigenvalue weighted by Gasteiger charge is 2.15. The summed E-state index contributed by atoms with van der Waals surface area (Å²) < 4.78 is 2.04. The molecular formula is C25H27N3OS. The van der Waals surface area contributed by atoms with Crippen molar-refractivity contribution in [2.24, 2.45) is 0 Å². The second-order valence-corrected chi connectivity index (χ2v) is 8.51. The van der Waals surface area contributed by atoms with Crippen LogP contribution in [0.1, 0.15) is 49.9 Å². The molecule has 0 bridgehead atoms. The average molecular weight is 418 g/mol. The standard InChI is InChI=1S/C25H27N3OS/c1-4-17(3)21-8-6-7-9-22(21)26-24(29)14-20-16-30-25-27-23(15-28(20)25)19-12-10-18(5-2)11-13-19/h6-13,15-17H,4-5,14H2,1-3H3,(H,26,29). The van der Waals surface area contributed by atoms with Gasteiger partial charge >= 0.3 is 0 Å². The van der Waals surface area contributed by atoms with Crippen LogP contribution in [-0.4, -0.2) is 15.3 Å². The number of aromatic nitrogens is 2. The molecule has 1 amide bonds. The normalized spacial score (nSPS) is 12.2. The smallest absolute Gasteiger partial charge is 0.230 e. The van der Waals surface area contributed by atoms with Gasteiger partial charge in [-0.05, 0) is 36.0 Å². The first kappa shape index (κ1) is 20.4. The van der Waals surface area contributed by atoms with Crippen molar-refractivity contribution in [2.75, 3.05) is 5.32 Å². The highest BCUT2D eigenvalue weighted by atomic mass is 32.1. The third-order valence-corrected chi connectivity index (χ3v) is 6.55. The Hall–Kier alpha value is -2.92. The van der Waals surface area contributed by atoms with Gasteiger partial charge in [0.05, 0.1) is 12.1 Å². The van der Waals surface area contributed by atoms with Crippen molar-refractivity contribution in [3.05, 3.63) is 76.9 Å². The van der Waals surface area contributed by atoms with Crippen LogP contribution in [0.2, 0.25) is 0 Å². The zero-order chi connectivity index (χ0) is 21.1. The number of rotatable bonds is 7. The van der Waals surface area contributed by atoms with Crippen molar-refractivity contribution in [2.45, 2.75) is 46.0 Å². The first-order valence-corrected chi connectivity index (χ1v) is 11.4. The van der Waals surface area contributed by atoms with E-state index in [1.165, 1.54) is 11.1 Å². The molecule has 5 heteroatoms. The van der Waals surface area contributed by atoms with Crippen LogP contribution in [-0.2, 0) is 17.6 Å². The Morgan fingerprint density at radius 1 is 1.13 bits per heavy atom. The van der Waals surface area contributed by atoms with E-state index < -0.39 is 0 Å². The number of hydrogen-bond acceptors (Lipinski definition) is 3. The number of anilines is 1. The topological polar surface area (TPSA) is 46.4 Å². The number of thiazole rings is 1. The van der Waals surface area contributed by atoms with Gasteiger partial charge in [-0.25, -0.2) is 4.98 Å². The third-order valence-electron chi connectivity index (χ3n) is 5.66. The molecule has 0 radical (unpaired) electrons. The first-order valence-electron chi connectivity index (χ1n) is 10.5. The molecule has 0 saturated carbocycles. The molecule has 0 aliphatic rings. The Morgan fingerprint density at radius 2 is 1.90 bits per heavy atom. The van der Waals surface area contributed by atoms with Crippen molar-refractivity contribution in [3.8, 4) is 11.3 Å². The maximum absolute atomic E-state index is 12.8. The fourth-order valence-electron chi connectivity index (χ4n) is 3.63. The minimum absolute atomic E-state index is 0.00648. The van der Waals surface area contributed by atoms with Crippen molar-refractivity contribution in [3.63, 3.8) is 0 Å². The molecule has 1 atom stereocenters. The number of carbonyl (C=O) groups is 1. The number of nitrogens with zero attached hydrogens (tertiary/aromatic N) is 2. The highest BCUT2D eigenvalue weighted by molar-refractivity contribution is 7.15. The highest BCUT2D eigenvalue weighted by Crippen LogP contribution is 2.27. The zero-order valence-electron chi connectivity index (χ0n) is 17.7. The van der Waals surface area contributed by atoms with E-state index in [4.69, 9.17) is 4.98 Å². The maximum atomic E-state index is 12.8. The second-order valence-electron chi connectivity index (χ2n) is 7.68. The summed E-state index contributed by atoms with van der Waals surface area (Å²) in [4.78, 5) is 18.5. The number of imidazole rings is 1. The predicted octanol–water partition coefficient (Wildman–Crippen LogP) is 6.32. The molecule has 2 aromatic carbocycles. The summed E-state index contributed by atoms with van der Waals surface area (Å²) >= 11 is 1.57. The number of carbonyl (C=O) groups excluding carboxylic acids is 1. The minimum Gasteiger partial charge on any atom is -0.325 e. The van der Waals surface area contributed by atoms with E-state index in [0.29, 0.717) is 12.3 Å². The van der Waals surface area contributed by atoms with Crippen LogP contribution in [0, 0.1) is 0 Å². The molecule has 4 rings (SSSR count). The summed E-state index contributed by atoms with van der Waals surface area (Å²) in [5.41, 5.74) is 6.40. The Bertz CT molecular complexity index is 1160. The lowest BCUT2D eigenvalue weighted by atomic mass is 9.97. The van der Waals surface area contributed by atoms with Crippen molar-refractivity contribution < 1.29 is 4.79 Å². The van der Waals surface area contributed by atoms with Crippen LogP contribution in [0.5, 0.6) is 0 Å². The molecule has 0 spiro atoms. The predicted molar refractivity (Wildman–Crippen MR) is 125 cm³/mol. The summed E-state index contributed by atoms with van der Waals surface area (Å²) in [6.07, 6.45) is 4.41. The van der Waals surface area contributed by atoms with Gasteiger partial charge in [-0.2, -0.15) is 0 Å². The fraction of sp³-hybridized carbons (Fsp3) is 0.280. The number of nitrogens with one attached hydrogen (secondary N) is 1. The monoisotopic (exact) mass is 417 g/mol. The number of hydrogen-bond donors (Lipinski definition) is 1. The lowest BCUT2D eigenvalue weighted by Gasteiger charge is -2.15. The first-order chi connectivity index (χ1) is 14.6. The van der Waals surface area contributed by atoms with Crippen LogP contribution in [0.15, 0.2) is 60.1 Å². The van der Waals surface area contributed by atoms with Crippen molar-refractivity contribution >= 4 is 27.9 Å². The SMILES string of the molecule is CCc1ccc(-c2cn3c(CC(=O)Nc4ccccc4C(C)CC)csc3n2)cc1. The molecule has 2 aromatic heterocycles. The van der Waals surface area contributed by atoms with Gasteiger partial charge in [0.1, 0.15) is 0 Å². The summed E-state index contributed by atoms with van der Waals surface area (Å²) in [6, 6.07) is 16.6. The number of aryl methyl sites for hydroxylation is 1. The van der Waals surface area contributed by atoms with Gasteiger partial charge in [-0.15, -0.1) is 11.3 Å². The third kappa shape index (κ3) is 4.17. The van der Waals surface area contributed by atoms with Gasteiger partial charge in [-0.1, -0.05) is 63.2 Å². The number of amides is 1. The molecule has 4 aromatic rings. The quantitative estimate of drug-likeness (QED) is 0.382. The van der Waals surface area contributed by atoms with E-state index in [9.17, 15) is 4.79 Å². The summed E-state index contributed by atoms with van der Waals surface area (Å²) in [5, 5.41) is 5.13. The average Bonchev–Trinajstić information content (AvgIpc) is 3.35. The molecule has 0 fully saturated rings. The van der Waals surface area contributed by atoms with E-state index in [1.54, 1.807) is 11.3 Å². The van der Waals surface area contributed by atoms with Gasteiger partial charge in [0.15, 0.2) is 4.96 Å². The molecule has 1 N–H and O–H groups in total. The van der Waals surface area contributed by atoms with Gasteiger partial charge in [0.25, 0.3) is 0 Å². The largest absolute Gasteiger partial charge is 0.325 e. The number of benzene rings is 2. The molecule has 1 unspecified atom stereocenters. The van der Waals surface area contributed by atoms with Crippen LogP contribution >= 0.6 is 11.3 Å². The molecule has 0 aliphatic heterocycles. The zero-order valence-corrected chi connectivity index (χ0v) is 18.5. The molecule has 0 aliphatic carbocycles. The Balaban J connectivity index is 1.53. The van der Waals surface area contributed by atoms with Crippen LogP contribution in [0.25, 0.3) is 16.2 Å². The molecule has 0 saturated heterocycles. The van der Waals surface area contributed by atoms with E-state index in [2.05, 4.69) is 56.4 Å². The Kier molecular flexibility index (Phi) is 6.00. The summed E-state index contributed by atoms with van der Waals surface area (Å²) in [7, 11) is 0. The summed E-state index contributed by atoms with van der Waals surface area (Å²) in [5.74, 6) is 0.401. The maximum Gasteiger partial charge on any atom is 0.230 e. The van der Waals surface area contributed by atoms with E-state index in [-0.39, 0.29) is 5.91 Å². The second kappa shape index (κ2) is 8.84. The Morgan fingerprint density at radius 3 is 2.63 bits per heavy atom. The van der Waals surface area contributed by atoms with Crippen molar-refractivity contribution in [1.82, 2.24) is 9.38 Å². The lowest BCUT2D eigenvalue weighted by Crippen LogP contribution is -2.16. The van der Waals surface area contributed by atoms with Gasteiger partial charge in [-0.3, -0.25) is 9.20 Å². The molecule has 4 nitrogen and oxygen atoms in total. The minimum atomic E-state index is -0.00648. The van der Waals surface area contributed by atoms with E-state index in [1.807, 2.05) is 34.2 Å². The van der Waals surface area contributed by atoms with Gasteiger partial charge in [0.2, 0.25) is 5.91 Å². The lowest BCUT2D eigenvalue weighted by molar-refractivity contribution is -0.115. The van der Waals surface area contributed by atoms with Gasteiger partial charge in [0, 0.05) is 28.5 Å². The van der Waals surface area contributed by atoms with Crippen molar-refractivity contribution in [1.29, 1.82) is 0 Å². The van der Waals surface area contributed by atoms with Crippen LogP contribution in [0.3, 0.4) is 0 Å². The number of fused-ring (bicyclic) bond motifs is 1. The molecule has 154 valence electrons. The van der Waals surface area contributed by atoms with E-state index in [0.717, 1.165) is 40.4 Å². The van der Waals surface area contributed by atoms with Gasteiger partial charge < -0.3 is 5.32 Å². The molecule has 30 heavy (non-hydrogen) atoms. The Labute approximate surface area is 181 Å². The molecule has 2 heterocycles. The number of para-hydroxylation sites is 1.